The number of aromatic nitrogens is 2. The van der Waals surface area contributed by atoms with Gasteiger partial charge in [-0.25, -0.2) is 9.97 Å². The van der Waals surface area contributed by atoms with Crippen LogP contribution in [0.3, 0.4) is 0 Å². The molecule has 2 fully saturated rings. The number of fused-ring (bicyclic) bond motifs is 1. The number of hydrogen-bond acceptors (Lipinski definition) is 5. The van der Waals surface area contributed by atoms with Gasteiger partial charge in [-0.1, -0.05) is 36.4 Å². The Morgan fingerprint density at radius 3 is 2.52 bits per heavy atom. The number of hydrogen-bond donors (Lipinski definition) is 1. The van der Waals surface area contributed by atoms with Crippen molar-refractivity contribution in [3.8, 4) is 11.3 Å². The first kappa shape index (κ1) is 16.8. The van der Waals surface area contributed by atoms with Crippen molar-refractivity contribution in [3.05, 3.63) is 59.8 Å². The van der Waals surface area contributed by atoms with E-state index >= 15 is 0 Å². The van der Waals surface area contributed by atoms with Gasteiger partial charge in [-0.2, -0.15) is 0 Å². The monoisotopic (exact) mass is 362 g/mol. The Bertz CT molecular complexity index is 956. The number of aliphatic hydroxyl groups is 1. The topological polar surface area (TPSA) is 64.5 Å². The summed E-state index contributed by atoms with van der Waals surface area (Å²) in [6.45, 7) is 0.643. The molecule has 1 aliphatic carbocycles. The molecule has 5 nitrogen and oxygen atoms in total. The third-order valence-corrected chi connectivity index (χ3v) is 5.57. The highest BCUT2D eigenvalue weighted by atomic mass is 16.8. The van der Waals surface area contributed by atoms with Crippen LogP contribution in [-0.2, 0) is 15.9 Å². The van der Waals surface area contributed by atoms with Crippen LogP contribution in [0.4, 0.5) is 0 Å². The quantitative estimate of drug-likeness (QED) is 0.721. The lowest BCUT2D eigenvalue weighted by atomic mass is 10.0. The predicted molar refractivity (Wildman–Crippen MR) is 102 cm³/mol. The number of aliphatic hydroxyl groups excluding tert-OH is 1. The molecule has 3 aromatic rings. The molecule has 1 saturated carbocycles. The molecule has 0 spiro atoms. The molecule has 2 heterocycles. The van der Waals surface area contributed by atoms with Gasteiger partial charge in [0.25, 0.3) is 0 Å². The second kappa shape index (κ2) is 7.00. The van der Waals surface area contributed by atoms with Gasteiger partial charge in [0, 0.05) is 17.7 Å². The van der Waals surface area contributed by atoms with Crippen LogP contribution in [0.25, 0.3) is 22.3 Å². The molecule has 1 N–H and O–H groups in total. The fourth-order valence-electron chi connectivity index (χ4n) is 3.79. The lowest BCUT2D eigenvalue weighted by molar-refractivity contribution is -0.326. The largest absolute Gasteiger partial charge is 0.396 e. The zero-order valence-corrected chi connectivity index (χ0v) is 15.0. The molecule has 0 amide bonds. The fourth-order valence-corrected chi connectivity index (χ4v) is 3.79. The number of nitrogens with zero attached hydrogens (tertiary/aromatic N) is 2. The summed E-state index contributed by atoms with van der Waals surface area (Å²) in [7, 11) is 0. The maximum Gasteiger partial charge on any atom is 0.189 e. The van der Waals surface area contributed by atoms with Crippen LogP contribution in [0, 0.1) is 11.8 Å². The second-order valence-corrected chi connectivity index (χ2v) is 7.39. The van der Waals surface area contributed by atoms with Crippen LogP contribution >= 0.6 is 0 Å². The molecule has 1 aromatic heterocycles. The highest BCUT2D eigenvalue weighted by molar-refractivity contribution is 5.79. The molecule has 5 heteroatoms. The summed E-state index contributed by atoms with van der Waals surface area (Å²) in [5.74, 6) is 1.08. The Labute approximate surface area is 158 Å². The van der Waals surface area contributed by atoms with Gasteiger partial charge in [0.2, 0.25) is 0 Å². The SMILES string of the molecule is OCC1CC1CCc1nc2cc(C3OCO3)ccc2nc1-c1ccccc1. The summed E-state index contributed by atoms with van der Waals surface area (Å²) >= 11 is 0. The summed E-state index contributed by atoms with van der Waals surface area (Å²) in [5, 5.41) is 9.31. The van der Waals surface area contributed by atoms with Crippen molar-refractivity contribution in [1.82, 2.24) is 9.97 Å². The van der Waals surface area contributed by atoms with E-state index in [2.05, 4.69) is 12.1 Å². The smallest absolute Gasteiger partial charge is 0.189 e. The van der Waals surface area contributed by atoms with Crippen LogP contribution in [0.1, 0.15) is 30.4 Å². The minimum Gasteiger partial charge on any atom is -0.396 e. The summed E-state index contributed by atoms with van der Waals surface area (Å²) in [5.41, 5.74) is 5.78. The molecular weight excluding hydrogens is 340 g/mol. The third kappa shape index (κ3) is 3.34. The van der Waals surface area contributed by atoms with Crippen molar-refractivity contribution in [2.24, 2.45) is 11.8 Å². The standard InChI is InChI=1S/C22H22N2O3/c25-12-17-10-15(17)6-9-19-21(14-4-2-1-3-5-14)24-18-8-7-16(11-20(18)23-19)22-26-13-27-22/h1-5,7-8,11,15,17,22,25H,6,9-10,12-13H2. The number of aryl methyl sites for hydroxylation is 1. The van der Waals surface area contributed by atoms with Crippen molar-refractivity contribution in [2.75, 3.05) is 13.4 Å². The Morgan fingerprint density at radius 1 is 0.963 bits per heavy atom. The Kier molecular flexibility index (Phi) is 4.36. The third-order valence-electron chi connectivity index (χ3n) is 5.57. The van der Waals surface area contributed by atoms with Gasteiger partial charge in [-0.3, -0.25) is 0 Å². The van der Waals surface area contributed by atoms with Crippen LogP contribution in [0.2, 0.25) is 0 Å². The van der Waals surface area contributed by atoms with Gasteiger partial charge in [0.15, 0.2) is 13.1 Å². The maximum atomic E-state index is 9.31. The molecule has 1 saturated heterocycles. The first-order valence-corrected chi connectivity index (χ1v) is 9.52. The lowest BCUT2D eigenvalue weighted by Gasteiger charge is -2.27. The van der Waals surface area contributed by atoms with E-state index in [1.165, 1.54) is 0 Å². The van der Waals surface area contributed by atoms with Crippen molar-refractivity contribution < 1.29 is 14.6 Å². The first-order valence-electron chi connectivity index (χ1n) is 9.52. The minimum absolute atomic E-state index is 0.287. The van der Waals surface area contributed by atoms with Gasteiger partial charge in [-0.15, -0.1) is 0 Å². The maximum absolute atomic E-state index is 9.31. The highest BCUT2D eigenvalue weighted by Gasteiger charge is 2.35. The number of ether oxygens (including phenoxy) is 2. The van der Waals surface area contributed by atoms with Crippen LogP contribution in [0.15, 0.2) is 48.5 Å². The van der Waals surface area contributed by atoms with Crippen LogP contribution in [0.5, 0.6) is 0 Å². The first-order chi connectivity index (χ1) is 13.3. The van der Waals surface area contributed by atoms with Gasteiger partial charge in [0.1, 0.15) is 0 Å². The zero-order chi connectivity index (χ0) is 18.2. The number of rotatable bonds is 6. The van der Waals surface area contributed by atoms with E-state index in [4.69, 9.17) is 19.4 Å². The van der Waals surface area contributed by atoms with Gasteiger partial charge in [0.05, 0.1) is 22.4 Å². The van der Waals surface area contributed by atoms with E-state index in [1.807, 2.05) is 36.4 Å². The molecule has 138 valence electrons. The molecule has 2 atom stereocenters. The zero-order valence-electron chi connectivity index (χ0n) is 15.0. The number of benzene rings is 2. The summed E-state index contributed by atoms with van der Waals surface area (Å²) in [4.78, 5) is 9.90. The molecule has 2 unspecified atom stereocenters. The highest BCUT2D eigenvalue weighted by Crippen LogP contribution is 2.41. The summed E-state index contributed by atoms with van der Waals surface area (Å²) < 4.78 is 10.8. The molecule has 27 heavy (non-hydrogen) atoms. The van der Waals surface area contributed by atoms with E-state index in [9.17, 15) is 5.11 Å². The molecule has 2 aliphatic rings. The van der Waals surface area contributed by atoms with Gasteiger partial charge in [-0.05, 0) is 43.2 Å². The molecule has 0 radical (unpaired) electrons. The van der Waals surface area contributed by atoms with Crippen molar-refractivity contribution in [2.45, 2.75) is 25.6 Å². The van der Waals surface area contributed by atoms with Crippen molar-refractivity contribution in [3.63, 3.8) is 0 Å². The summed E-state index contributed by atoms with van der Waals surface area (Å²) in [6.07, 6.45) is 2.75. The van der Waals surface area contributed by atoms with Gasteiger partial charge < -0.3 is 14.6 Å². The van der Waals surface area contributed by atoms with E-state index in [0.29, 0.717) is 25.2 Å². The normalized spacial score (nSPS) is 22.0. The average Bonchev–Trinajstić information content (AvgIpc) is 3.43. The van der Waals surface area contributed by atoms with Crippen LogP contribution < -0.4 is 0 Å². The Morgan fingerprint density at radius 2 is 1.81 bits per heavy atom. The lowest BCUT2D eigenvalue weighted by Crippen LogP contribution is -2.22. The Hall–Kier alpha value is -2.34. The fraction of sp³-hybridized carbons (Fsp3) is 0.364. The van der Waals surface area contributed by atoms with E-state index in [1.54, 1.807) is 0 Å². The molecule has 2 aromatic carbocycles. The Balaban J connectivity index is 1.52. The van der Waals surface area contributed by atoms with Crippen LogP contribution in [-0.4, -0.2) is 28.5 Å². The molecule has 5 rings (SSSR count). The molecule has 1 aliphatic heterocycles. The van der Waals surface area contributed by atoms with Gasteiger partial charge >= 0.3 is 0 Å². The van der Waals surface area contributed by atoms with Crippen molar-refractivity contribution in [1.29, 1.82) is 0 Å². The van der Waals surface area contributed by atoms with E-state index < -0.39 is 0 Å². The minimum atomic E-state index is -0.287. The van der Waals surface area contributed by atoms with Crippen molar-refractivity contribution >= 4 is 11.0 Å². The average molecular weight is 362 g/mol. The van der Waals surface area contributed by atoms with E-state index in [0.717, 1.165) is 52.8 Å². The predicted octanol–water partition coefficient (Wildman–Crippen LogP) is 3.86. The molecule has 0 bridgehead atoms. The molecular formula is C22H22N2O3. The summed E-state index contributed by atoms with van der Waals surface area (Å²) in [6, 6.07) is 16.2. The second-order valence-electron chi connectivity index (χ2n) is 7.39. The van der Waals surface area contributed by atoms with E-state index in [-0.39, 0.29) is 6.29 Å².